The molecule has 1 aromatic heterocycles. The van der Waals surface area contributed by atoms with Crippen molar-refractivity contribution in [2.75, 3.05) is 10.6 Å². The number of aromatic nitrogens is 3. The molecule has 0 spiro atoms. The van der Waals surface area contributed by atoms with E-state index < -0.39 is 0 Å². The molecule has 1 aromatic rings. The van der Waals surface area contributed by atoms with Gasteiger partial charge in [-0.2, -0.15) is 0 Å². The molecule has 1 rings (SSSR count). The molecule has 0 aliphatic heterocycles. The second-order valence-electron chi connectivity index (χ2n) is 6.52. The van der Waals surface area contributed by atoms with Gasteiger partial charge in [-0.1, -0.05) is 27.7 Å². The fraction of sp³-hybridized carbons (Fsp3) is 0.800. The number of nitrogens with zero attached hydrogens (tertiary/aromatic N) is 3. The fourth-order valence-electron chi connectivity index (χ4n) is 2.41. The van der Waals surface area contributed by atoms with E-state index in [0.717, 1.165) is 18.7 Å². The Morgan fingerprint density at radius 3 is 1.85 bits per heavy atom. The molecule has 0 aromatic carbocycles. The van der Waals surface area contributed by atoms with Crippen molar-refractivity contribution in [3.63, 3.8) is 0 Å². The summed E-state index contributed by atoms with van der Waals surface area (Å²) in [5, 5.41) is 14.9. The summed E-state index contributed by atoms with van der Waals surface area (Å²) in [4.78, 5) is 4.31. The zero-order valence-electron chi connectivity index (χ0n) is 13.6. The number of hydrogen-bond acceptors (Lipinski definition) is 5. The molecule has 5 heteroatoms. The summed E-state index contributed by atoms with van der Waals surface area (Å²) in [7, 11) is 0. The first-order chi connectivity index (χ1) is 9.36. The zero-order chi connectivity index (χ0) is 15.1. The average molecular weight is 279 g/mol. The summed E-state index contributed by atoms with van der Waals surface area (Å²) in [6.45, 7) is 13.1. The van der Waals surface area contributed by atoms with E-state index in [4.69, 9.17) is 0 Å². The van der Waals surface area contributed by atoms with Crippen molar-refractivity contribution >= 4 is 11.8 Å². The van der Waals surface area contributed by atoms with Gasteiger partial charge in [-0.05, 0) is 38.5 Å². The van der Waals surface area contributed by atoms with E-state index >= 15 is 0 Å². The van der Waals surface area contributed by atoms with Gasteiger partial charge in [0.1, 0.15) is 0 Å². The first-order valence-corrected chi connectivity index (χ1v) is 7.59. The minimum Gasteiger partial charge on any atom is -0.365 e. The Labute approximate surface area is 123 Å². The number of anilines is 2. The van der Waals surface area contributed by atoms with E-state index in [2.05, 4.69) is 67.4 Å². The quantitative estimate of drug-likeness (QED) is 0.761. The van der Waals surface area contributed by atoms with E-state index in [9.17, 15) is 0 Å². The monoisotopic (exact) mass is 279 g/mol. The summed E-state index contributed by atoms with van der Waals surface area (Å²) in [5.41, 5.74) is 0. The predicted octanol–water partition coefficient (Wildman–Crippen LogP) is 3.56. The molecule has 2 N–H and O–H groups in total. The van der Waals surface area contributed by atoms with Crippen LogP contribution in [0, 0.1) is 11.8 Å². The third kappa shape index (κ3) is 6.68. The molecule has 0 bridgehead atoms. The lowest BCUT2D eigenvalue weighted by atomic mass is 10.1. The van der Waals surface area contributed by atoms with Gasteiger partial charge in [0.05, 0.1) is 6.20 Å². The fourth-order valence-corrected chi connectivity index (χ4v) is 2.41. The Hall–Kier alpha value is -1.39. The van der Waals surface area contributed by atoms with E-state index in [1.807, 2.05) is 0 Å². The Morgan fingerprint density at radius 1 is 0.850 bits per heavy atom. The van der Waals surface area contributed by atoms with Crippen LogP contribution in [-0.2, 0) is 0 Å². The maximum absolute atomic E-state index is 4.31. The lowest BCUT2D eigenvalue weighted by molar-refractivity contribution is 0.535. The first-order valence-electron chi connectivity index (χ1n) is 7.59. The molecule has 0 fully saturated rings. The van der Waals surface area contributed by atoms with Crippen molar-refractivity contribution in [1.29, 1.82) is 0 Å². The molecular weight excluding hydrogens is 250 g/mol. The topological polar surface area (TPSA) is 62.7 Å². The molecule has 0 aliphatic carbocycles. The van der Waals surface area contributed by atoms with E-state index in [-0.39, 0.29) is 0 Å². The Bertz CT molecular complexity index is 337. The highest BCUT2D eigenvalue weighted by Crippen LogP contribution is 2.11. The van der Waals surface area contributed by atoms with Gasteiger partial charge < -0.3 is 10.6 Å². The zero-order valence-corrected chi connectivity index (χ0v) is 13.6. The maximum Gasteiger partial charge on any atom is 0.243 e. The molecule has 5 nitrogen and oxygen atoms in total. The third-order valence-corrected chi connectivity index (χ3v) is 2.98. The minimum atomic E-state index is 0.357. The molecule has 2 unspecified atom stereocenters. The van der Waals surface area contributed by atoms with Gasteiger partial charge in [-0.15, -0.1) is 10.2 Å². The van der Waals surface area contributed by atoms with Gasteiger partial charge in [0, 0.05) is 12.1 Å². The summed E-state index contributed by atoms with van der Waals surface area (Å²) in [6, 6.07) is 0.736. The molecule has 114 valence electrons. The van der Waals surface area contributed by atoms with Crippen LogP contribution < -0.4 is 10.6 Å². The van der Waals surface area contributed by atoms with Crippen molar-refractivity contribution in [3.05, 3.63) is 6.20 Å². The highest BCUT2D eigenvalue weighted by molar-refractivity contribution is 5.34. The summed E-state index contributed by atoms with van der Waals surface area (Å²) < 4.78 is 0. The van der Waals surface area contributed by atoms with Crippen LogP contribution in [-0.4, -0.2) is 27.3 Å². The Balaban J connectivity index is 2.47. The highest BCUT2D eigenvalue weighted by atomic mass is 15.3. The third-order valence-electron chi connectivity index (χ3n) is 2.98. The second kappa shape index (κ2) is 8.02. The van der Waals surface area contributed by atoms with Crippen LogP contribution in [0.15, 0.2) is 6.20 Å². The van der Waals surface area contributed by atoms with Crippen LogP contribution in [0.2, 0.25) is 0 Å². The van der Waals surface area contributed by atoms with Crippen molar-refractivity contribution < 1.29 is 0 Å². The van der Waals surface area contributed by atoms with Crippen LogP contribution in [0.3, 0.4) is 0 Å². The largest absolute Gasteiger partial charge is 0.365 e. The SMILES string of the molecule is CC(C)CC(C)Nc1cnc(NC(C)CC(C)C)nn1. The normalized spacial score (nSPS) is 14.4. The van der Waals surface area contributed by atoms with Crippen LogP contribution in [0.1, 0.15) is 54.4 Å². The van der Waals surface area contributed by atoms with E-state index in [0.29, 0.717) is 29.9 Å². The molecule has 0 amide bonds. The smallest absolute Gasteiger partial charge is 0.243 e. The van der Waals surface area contributed by atoms with Crippen LogP contribution in [0.5, 0.6) is 0 Å². The first kappa shape index (κ1) is 16.7. The van der Waals surface area contributed by atoms with Crippen LogP contribution in [0.4, 0.5) is 11.8 Å². The number of nitrogens with one attached hydrogen (secondary N) is 2. The summed E-state index contributed by atoms with van der Waals surface area (Å²) in [5.74, 6) is 2.65. The number of hydrogen-bond donors (Lipinski definition) is 2. The van der Waals surface area contributed by atoms with E-state index in [1.165, 1.54) is 0 Å². The summed E-state index contributed by atoms with van der Waals surface area (Å²) >= 11 is 0. The second-order valence-corrected chi connectivity index (χ2v) is 6.52. The number of rotatable bonds is 8. The maximum atomic E-state index is 4.31. The highest BCUT2D eigenvalue weighted by Gasteiger charge is 2.09. The van der Waals surface area contributed by atoms with Gasteiger partial charge in [0.2, 0.25) is 5.95 Å². The van der Waals surface area contributed by atoms with Crippen LogP contribution in [0.25, 0.3) is 0 Å². The molecule has 0 aliphatic rings. The predicted molar refractivity (Wildman–Crippen MR) is 84.9 cm³/mol. The molecule has 2 atom stereocenters. The van der Waals surface area contributed by atoms with Crippen molar-refractivity contribution in [2.24, 2.45) is 11.8 Å². The Kier molecular flexibility index (Phi) is 6.68. The lowest BCUT2D eigenvalue weighted by Gasteiger charge is -2.17. The van der Waals surface area contributed by atoms with Gasteiger partial charge in [0.25, 0.3) is 0 Å². The van der Waals surface area contributed by atoms with Gasteiger partial charge >= 0.3 is 0 Å². The van der Waals surface area contributed by atoms with E-state index in [1.54, 1.807) is 6.20 Å². The van der Waals surface area contributed by atoms with Gasteiger partial charge in [-0.3, -0.25) is 0 Å². The molecular formula is C15H29N5. The minimum absolute atomic E-state index is 0.357. The lowest BCUT2D eigenvalue weighted by Crippen LogP contribution is -2.21. The van der Waals surface area contributed by atoms with Crippen molar-refractivity contribution in [2.45, 2.75) is 66.5 Å². The molecule has 20 heavy (non-hydrogen) atoms. The molecule has 0 radical (unpaired) electrons. The molecule has 0 saturated heterocycles. The molecule has 0 saturated carbocycles. The summed E-state index contributed by atoms with van der Waals surface area (Å²) in [6.07, 6.45) is 3.94. The van der Waals surface area contributed by atoms with Crippen molar-refractivity contribution in [3.8, 4) is 0 Å². The molecule has 1 heterocycles. The van der Waals surface area contributed by atoms with Crippen LogP contribution >= 0.6 is 0 Å². The standard InChI is InChI=1S/C15H29N5/c1-10(2)7-12(5)17-14-9-16-15(20-19-14)18-13(6)8-11(3)4/h9-13H,7-8H2,1-6H3,(H,17,19)(H,16,18,20). The van der Waals surface area contributed by atoms with Gasteiger partial charge in [0.15, 0.2) is 5.82 Å². The average Bonchev–Trinajstić information content (AvgIpc) is 2.29. The van der Waals surface area contributed by atoms with Gasteiger partial charge in [-0.25, -0.2) is 4.98 Å². The Morgan fingerprint density at radius 2 is 1.40 bits per heavy atom. The van der Waals surface area contributed by atoms with Crippen molar-refractivity contribution in [1.82, 2.24) is 15.2 Å².